The molecule has 2 aromatic rings. The van der Waals surface area contributed by atoms with E-state index >= 15 is 0 Å². The molecule has 1 aromatic heterocycles. The van der Waals surface area contributed by atoms with E-state index in [4.69, 9.17) is 5.73 Å². The van der Waals surface area contributed by atoms with Crippen LogP contribution in [-0.2, 0) is 11.3 Å². The summed E-state index contributed by atoms with van der Waals surface area (Å²) in [6.07, 6.45) is 0.475. The SMILES string of the molecule is CCC(=O)Nc1cccc(NCc2sccc2N)c1C. The number of nitrogens with two attached hydrogens (primary N) is 1. The summed E-state index contributed by atoms with van der Waals surface area (Å²) in [6, 6.07) is 7.75. The van der Waals surface area contributed by atoms with Crippen molar-refractivity contribution >= 4 is 34.3 Å². The molecule has 20 heavy (non-hydrogen) atoms. The van der Waals surface area contributed by atoms with E-state index in [0.717, 1.165) is 27.5 Å². The van der Waals surface area contributed by atoms with E-state index in [1.54, 1.807) is 11.3 Å². The second kappa shape index (κ2) is 6.43. The molecule has 0 saturated carbocycles. The highest BCUT2D eigenvalue weighted by atomic mass is 32.1. The van der Waals surface area contributed by atoms with Gasteiger partial charge < -0.3 is 16.4 Å². The number of thiophene rings is 1. The monoisotopic (exact) mass is 289 g/mol. The standard InChI is InChI=1S/C15H19N3OS/c1-3-15(19)18-13-6-4-5-12(10(13)2)17-9-14-11(16)7-8-20-14/h4-8,17H,3,9,16H2,1-2H3,(H,18,19). The molecule has 2 rings (SSSR count). The lowest BCUT2D eigenvalue weighted by Gasteiger charge is -2.13. The van der Waals surface area contributed by atoms with Crippen LogP contribution in [0, 0.1) is 6.92 Å². The van der Waals surface area contributed by atoms with Gasteiger partial charge in [0.1, 0.15) is 0 Å². The quantitative estimate of drug-likeness (QED) is 0.788. The Labute approximate surface area is 123 Å². The largest absolute Gasteiger partial charge is 0.398 e. The van der Waals surface area contributed by atoms with Gasteiger partial charge in [-0.1, -0.05) is 13.0 Å². The molecule has 0 spiro atoms. The van der Waals surface area contributed by atoms with Crippen LogP contribution >= 0.6 is 11.3 Å². The minimum Gasteiger partial charge on any atom is -0.398 e. The number of carbonyl (C=O) groups is 1. The van der Waals surface area contributed by atoms with Crippen molar-refractivity contribution in [2.24, 2.45) is 0 Å². The first kappa shape index (κ1) is 14.4. The normalized spacial score (nSPS) is 10.3. The van der Waals surface area contributed by atoms with Gasteiger partial charge in [0.25, 0.3) is 0 Å². The number of rotatable bonds is 5. The van der Waals surface area contributed by atoms with Gasteiger partial charge in [0.2, 0.25) is 5.91 Å². The van der Waals surface area contributed by atoms with Crippen molar-refractivity contribution in [1.82, 2.24) is 0 Å². The van der Waals surface area contributed by atoms with Crippen molar-refractivity contribution in [2.45, 2.75) is 26.8 Å². The Morgan fingerprint density at radius 3 is 2.70 bits per heavy atom. The van der Waals surface area contributed by atoms with Crippen molar-refractivity contribution in [3.63, 3.8) is 0 Å². The van der Waals surface area contributed by atoms with Gasteiger partial charge >= 0.3 is 0 Å². The molecule has 0 aliphatic rings. The zero-order valence-corrected chi connectivity index (χ0v) is 12.5. The fourth-order valence-corrected chi connectivity index (χ4v) is 2.61. The molecule has 0 fully saturated rings. The average Bonchev–Trinajstić information content (AvgIpc) is 2.85. The maximum absolute atomic E-state index is 11.5. The van der Waals surface area contributed by atoms with Gasteiger partial charge in [0.15, 0.2) is 0 Å². The maximum Gasteiger partial charge on any atom is 0.224 e. The van der Waals surface area contributed by atoms with Crippen molar-refractivity contribution in [3.8, 4) is 0 Å². The molecule has 0 saturated heterocycles. The molecule has 1 aromatic carbocycles. The van der Waals surface area contributed by atoms with Crippen molar-refractivity contribution in [3.05, 3.63) is 40.1 Å². The number of carbonyl (C=O) groups excluding carboxylic acids is 1. The molecule has 0 radical (unpaired) electrons. The zero-order valence-electron chi connectivity index (χ0n) is 11.7. The van der Waals surface area contributed by atoms with Gasteiger partial charge in [-0.05, 0) is 36.1 Å². The number of amides is 1. The third-order valence-corrected chi connectivity index (χ3v) is 4.08. The Balaban J connectivity index is 2.10. The second-order valence-corrected chi connectivity index (χ2v) is 5.53. The predicted octanol–water partition coefficient (Wildman–Crippen LogP) is 3.60. The van der Waals surface area contributed by atoms with Crippen molar-refractivity contribution in [1.29, 1.82) is 0 Å². The fourth-order valence-electron chi connectivity index (χ4n) is 1.87. The van der Waals surface area contributed by atoms with Crippen LogP contribution in [0.3, 0.4) is 0 Å². The van der Waals surface area contributed by atoms with E-state index in [2.05, 4.69) is 10.6 Å². The lowest BCUT2D eigenvalue weighted by molar-refractivity contribution is -0.115. The fraction of sp³-hybridized carbons (Fsp3) is 0.267. The summed E-state index contributed by atoms with van der Waals surface area (Å²) in [5.41, 5.74) is 9.57. The molecule has 4 N–H and O–H groups in total. The Morgan fingerprint density at radius 2 is 2.05 bits per heavy atom. The molecule has 0 aliphatic heterocycles. The summed E-state index contributed by atoms with van der Waals surface area (Å²) < 4.78 is 0. The Morgan fingerprint density at radius 1 is 1.30 bits per heavy atom. The number of nitrogens with one attached hydrogen (secondary N) is 2. The van der Waals surface area contributed by atoms with E-state index in [-0.39, 0.29) is 5.91 Å². The molecule has 0 unspecified atom stereocenters. The highest BCUT2D eigenvalue weighted by Crippen LogP contribution is 2.26. The van der Waals surface area contributed by atoms with Crippen LogP contribution in [0.15, 0.2) is 29.6 Å². The maximum atomic E-state index is 11.5. The smallest absolute Gasteiger partial charge is 0.224 e. The minimum atomic E-state index is 0.0211. The van der Waals surface area contributed by atoms with E-state index in [9.17, 15) is 4.79 Å². The molecule has 0 atom stereocenters. The molecule has 1 heterocycles. The Kier molecular flexibility index (Phi) is 4.63. The molecule has 106 valence electrons. The molecule has 5 heteroatoms. The summed E-state index contributed by atoms with van der Waals surface area (Å²) in [4.78, 5) is 12.6. The third-order valence-electron chi connectivity index (χ3n) is 3.15. The topological polar surface area (TPSA) is 67.2 Å². The number of hydrogen-bond donors (Lipinski definition) is 3. The van der Waals surface area contributed by atoms with E-state index in [0.29, 0.717) is 13.0 Å². The summed E-state index contributed by atoms with van der Waals surface area (Å²) in [5, 5.41) is 8.25. The molecular formula is C15H19N3OS. The Hall–Kier alpha value is -2.01. The lowest BCUT2D eigenvalue weighted by atomic mass is 10.1. The van der Waals surface area contributed by atoms with Gasteiger partial charge in [0, 0.05) is 28.4 Å². The first-order valence-electron chi connectivity index (χ1n) is 6.57. The summed E-state index contributed by atoms with van der Waals surface area (Å²) >= 11 is 1.64. The predicted molar refractivity (Wildman–Crippen MR) is 86.2 cm³/mol. The summed E-state index contributed by atoms with van der Waals surface area (Å²) in [5.74, 6) is 0.0211. The molecule has 4 nitrogen and oxygen atoms in total. The van der Waals surface area contributed by atoms with Crippen molar-refractivity contribution < 1.29 is 4.79 Å². The Bertz CT molecular complexity index is 607. The first-order chi connectivity index (χ1) is 9.61. The van der Waals surface area contributed by atoms with E-state index < -0.39 is 0 Å². The van der Waals surface area contributed by atoms with Crippen LogP contribution in [0.4, 0.5) is 17.1 Å². The highest BCUT2D eigenvalue weighted by Gasteiger charge is 2.07. The number of benzene rings is 1. The number of nitrogen functional groups attached to an aromatic ring is 1. The highest BCUT2D eigenvalue weighted by molar-refractivity contribution is 7.10. The van der Waals surface area contributed by atoms with Gasteiger partial charge in [-0.3, -0.25) is 4.79 Å². The second-order valence-electron chi connectivity index (χ2n) is 4.53. The van der Waals surface area contributed by atoms with Crippen LogP contribution < -0.4 is 16.4 Å². The van der Waals surface area contributed by atoms with Gasteiger partial charge in [-0.2, -0.15) is 0 Å². The van der Waals surface area contributed by atoms with Crippen molar-refractivity contribution in [2.75, 3.05) is 16.4 Å². The van der Waals surface area contributed by atoms with Crippen LogP contribution in [0.25, 0.3) is 0 Å². The first-order valence-corrected chi connectivity index (χ1v) is 7.45. The summed E-state index contributed by atoms with van der Waals surface area (Å²) in [7, 11) is 0. The van der Waals surface area contributed by atoms with Crippen LogP contribution in [0.2, 0.25) is 0 Å². The number of hydrogen-bond acceptors (Lipinski definition) is 4. The van der Waals surface area contributed by atoms with E-state index in [1.165, 1.54) is 0 Å². The molecule has 0 aliphatic carbocycles. The lowest BCUT2D eigenvalue weighted by Crippen LogP contribution is -2.11. The number of anilines is 3. The zero-order chi connectivity index (χ0) is 14.5. The average molecular weight is 289 g/mol. The molecular weight excluding hydrogens is 270 g/mol. The molecule has 1 amide bonds. The third kappa shape index (κ3) is 3.30. The van der Waals surface area contributed by atoms with Crippen LogP contribution in [-0.4, -0.2) is 5.91 Å². The van der Waals surface area contributed by atoms with E-state index in [1.807, 2.05) is 43.5 Å². The molecule has 0 bridgehead atoms. The van der Waals surface area contributed by atoms with Gasteiger partial charge in [-0.15, -0.1) is 11.3 Å². The van der Waals surface area contributed by atoms with Crippen LogP contribution in [0.5, 0.6) is 0 Å². The minimum absolute atomic E-state index is 0.0211. The van der Waals surface area contributed by atoms with Gasteiger partial charge in [-0.25, -0.2) is 0 Å². The van der Waals surface area contributed by atoms with Crippen LogP contribution in [0.1, 0.15) is 23.8 Å². The summed E-state index contributed by atoms with van der Waals surface area (Å²) in [6.45, 7) is 4.52. The van der Waals surface area contributed by atoms with Gasteiger partial charge in [0.05, 0.1) is 6.54 Å².